The van der Waals surface area contributed by atoms with Crippen LogP contribution < -0.4 is 0 Å². The van der Waals surface area contributed by atoms with E-state index in [0.717, 1.165) is 32.5 Å². The molecule has 5 nitrogen and oxygen atoms in total. The van der Waals surface area contributed by atoms with Crippen LogP contribution in [-0.2, 0) is 19.3 Å². The normalized spacial score (nSPS) is 16.3. The van der Waals surface area contributed by atoms with E-state index < -0.39 is 9.84 Å². The zero-order valence-corrected chi connectivity index (χ0v) is 20.9. The average Bonchev–Trinajstić information content (AvgIpc) is 3.03. The van der Waals surface area contributed by atoms with Gasteiger partial charge in [0.05, 0.1) is 32.2 Å². The summed E-state index contributed by atoms with van der Waals surface area (Å²) in [5.41, 5.74) is 8.19. The maximum absolute atomic E-state index is 11.4. The predicted molar refractivity (Wildman–Crippen MR) is 139 cm³/mol. The molecule has 1 aliphatic carbocycles. The van der Waals surface area contributed by atoms with Crippen LogP contribution in [0.15, 0.2) is 54.1 Å². The van der Waals surface area contributed by atoms with Crippen molar-refractivity contribution in [1.82, 2.24) is 4.90 Å². The van der Waals surface area contributed by atoms with Crippen molar-refractivity contribution in [2.75, 3.05) is 57.6 Å². The number of rotatable bonds is 10. The van der Waals surface area contributed by atoms with Gasteiger partial charge in [-0.3, -0.25) is 0 Å². The number of sulfone groups is 1. The first-order chi connectivity index (χ1) is 16.6. The zero-order valence-electron chi connectivity index (χ0n) is 20.0. The molecule has 1 saturated heterocycles. The van der Waals surface area contributed by atoms with Gasteiger partial charge >= 0.3 is 0 Å². The van der Waals surface area contributed by atoms with Crippen LogP contribution in [0, 0.1) is 0 Å². The van der Waals surface area contributed by atoms with Gasteiger partial charge in [-0.05, 0) is 40.7 Å². The molecule has 34 heavy (non-hydrogen) atoms. The van der Waals surface area contributed by atoms with Crippen LogP contribution in [0.5, 0.6) is 0 Å². The van der Waals surface area contributed by atoms with Crippen LogP contribution in [0.1, 0.15) is 42.0 Å². The van der Waals surface area contributed by atoms with E-state index >= 15 is 0 Å². The van der Waals surface area contributed by atoms with E-state index in [2.05, 4.69) is 65.6 Å². The van der Waals surface area contributed by atoms with Crippen molar-refractivity contribution in [1.29, 1.82) is 0 Å². The van der Waals surface area contributed by atoms with Crippen LogP contribution in [0.25, 0.3) is 17.7 Å². The van der Waals surface area contributed by atoms with Crippen molar-refractivity contribution in [2.24, 2.45) is 0 Å². The third-order valence-electron chi connectivity index (χ3n) is 6.62. The van der Waals surface area contributed by atoms with E-state index in [-0.39, 0.29) is 18.1 Å². The fourth-order valence-corrected chi connectivity index (χ4v) is 5.25. The highest BCUT2D eigenvalue weighted by Crippen LogP contribution is 2.38. The molecule has 2 aliphatic rings. The van der Waals surface area contributed by atoms with Crippen LogP contribution >= 0.6 is 0 Å². The number of hydrogen-bond donors (Lipinski definition) is 0. The summed E-state index contributed by atoms with van der Waals surface area (Å²) in [6.45, 7) is 6.46. The summed E-state index contributed by atoms with van der Waals surface area (Å²) in [7, 11) is -2.96. The van der Waals surface area contributed by atoms with Crippen LogP contribution in [0.4, 0.5) is 0 Å². The largest absolute Gasteiger partial charge is 0.378 e. The van der Waals surface area contributed by atoms with Gasteiger partial charge in [0.25, 0.3) is 0 Å². The molecule has 0 aromatic heterocycles. The molecule has 2 aromatic carbocycles. The van der Waals surface area contributed by atoms with Gasteiger partial charge in [0.15, 0.2) is 9.84 Å². The van der Waals surface area contributed by atoms with E-state index in [1.165, 1.54) is 33.4 Å². The van der Waals surface area contributed by atoms with Gasteiger partial charge in [0.1, 0.15) is 0 Å². The number of nitrogens with zero attached hydrogens (tertiary/aromatic N) is 1. The van der Waals surface area contributed by atoms with Crippen molar-refractivity contribution >= 4 is 27.6 Å². The summed E-state index contributed by atoms with van der Waals surface area (Å²) in [4.78, 5) is 2.46. The topological polar surface area (TPSA) is 55.8 Å². The van der Waals surface area contributed by atoms with Gasteiger partial charge in [-0.15, -0.1) is 0 Å². The van der Waals surface area contributed by atoms with Gasteiger partial charge in [-0.1, -0.05) is 73.2 Å². The second-order valence-electron chi connectivity index (χ2n) is 8.79. The summed E-state index contributed by atoms with van der Waals surface area (Å²) in [6.07, 6.45) is 6.60. The minimum Gasteiger partial charge on any atom is -0.378 e. The molecule has 1 aliphatic heterocycles. The maximum atomic E-state index is 11.4. The molecule has 0 radical (unpaired) electrons. The van der Waals surface area contributed by atoms with Gasteiger partial charge in [-0.25, -0.2) is 8.42 Å². The summed E-state index contributed by atoms with van der Waals surface area (Å²) in [5, 5.41) is 0. The second-order valence-corrected chi connectivity index (χ2v) is 11.3. The smallest absolute Gasteiger partial charge is 0.152 e. The summed E-state index contributed by atoms with van der Waals surface area (Å²) >= 11 is 0. The lowest BCUT2D eigenvalue weighted by atomic mass is 9.86. The average molecular weight is 482 g/mol. The lowest BCUT2D eigenvalue weighted by Gasteiger charge is -2.30. The third-order valence-corrected chi connectivity index (χ3v) is 8.29. The predicted octanol–water partition coefficient (Wildman–Crippen LogP) is 4.54. The maximum Gasteiger partial charge on any atom is 0.152 e. The number of fused-ring (bicyclic) bond motifs is 2. The Hall–Kier alpha value is -2.25. The molecule has 2 aromatic rings. The molecule has 0 amide bonds. The first kappa shape index (κ1) is 24.9. The monoisotopic (exact) mass is 481 g/mol. The lowest BCUT2D eigenvalue weighted by Crippen LogP contribution is -2.34. The minimum atomic E-state index is -2.96. The molecule has 1 fully saturated rings. The molecule has 6 heteroatoms. The molecule has 0 unspecified atom stereocenters. The molecular formula is C28H35NO4S. The Labute approximate surface area is 204 Å². The quantitative estimate of drug-likeness (QED) is 0.398. The number of benzene rings is 2. The Morgan fingerprint density at radius 1 is 0.794 bits per heavy atom. The number of piperidine rings is 1. The molecule has 0 spiro atoms. The zero-order chi connectivity index (χ0) is 23.8. The van der Waals surface area contributed by atoms with Gasteiger partial charge < -0.3 is 14.4 Å². The molecule has 4 rings (SSSR count). The van der Waals surface area contributed by atoms with Crippen molar-refractivity contribution in [3.8, 4) is 0 Å². The van der Waals surface area contributed by atoms with Gasteiger partial charge in [-0.2, -0.15) is 0 Å². The van der Waals surface area contributed by atoms with E-state index in [1.807, 2.05) is 0 Å². The molecule has 0 N–H and O–H groups in total. The number of likely N-dealkylation sites (tertiary alicyclic amines) is 1. The molecule has 0 bridgehead atoms. The lowest BCUT2D eigenvalue weighted by molar-refractivity contribution is 0.0425. The highest BCUT2D eigenvalue weighted by molar-refractivity contribution is 7.91. The third kappa shape index (κ3) is 6.45. The molecule has 1 heterocycles. The van der Waals surface area contributed by atoms with Crippen molar-refractivity contribution in [3.05, 3.63) is 76.4 Å². The number of hydrogen-bond acceptors (Lipinski definition) is 5. The standard InChI is InChI=1S/C28H35NO4S/c1-2-34(30,31)22-21-33-20-19-32-18-17-29-15-13-25(14-16-29)28-26-9-5-3-7-23(26)11-12-24-8-4-6-10-27(24)28/h3-12H,2,13-22H2,1H3. The van der Waals surface area contributed by atoms with Gasteiger partial charge in [0.2, 0.25) is 0 Å². The van der Waals surface area contributed by atoms with E-state index in [0.29, 0.717) is 19.8 Å². The molecular weight excluding hydrogens is 446 g/mol. The van der Waals surface area contributed by atoms with E-state index in [1.54, 1.807) is 6.92 Å². The Morgan fingerprint density at radius 3 is 1.94 bits per heavy atom. The molecule has 0 saturated carbocycles. The minimum absolute atomic E-state index is 0.0835. The summed E-state index contributed by atoms with van der Waals surface area (Å²) in [5.74, 6) is 0.247. The Kier molecular flexibility index (Phi) is 8.73. The van der Waals surface area contributed by atoms with Crippen molar-refractivity contribution in [2.45, 2.75) is 19.8 Å². The second kappa shape index (κ2) is 11.9. The van der Waals surface area contributed by atoms with E-state index in [9.17, 15) is 8.42 Å². The van der Waals surface area contributed by atoms with Crippen LogP contribution in [0.2, 0.25) is 0 Å². The van der Waals surface area contributed by atoms with Gasteiger partial charge in [0, 0.05) is 25.4 Å². The first-order valence-corrected chi connectivity index (χ1v) is 14.1. The van der Waals surface area contributed by atoms with Crippen LogP contribution in [0.3, 0.4) is 0 Å². The molecule has 0 atom stereocenters. The summed E-state index contributed by atoms with van der Waals surface area (Å²) < 4.78 is 34.0. The number of ether oxygens (including phenoxy) is 2. The first-order valence-electron chi connectivity index (χ1n) is 12.2. The fraction of sp³-hybridized carbons (Fsp3) is 0.429. The highest BCUT2D eigenvalue weighted by atomic mass is 32.2. The summed E-state index contributed by atoms with van der Waals surface area (Å²) in [6, 6.07) is 17.4. The Morgan fingerprint density at radius 2 is 1.35 bits per heavy atom. The Bertz CT molecular complexity index is 1080. The SMILES string of the molecule is CCS(=O)(=O)CCOCCOCCN1CCC(=C2c3ccccc3C=Cc3ccccc32)CC1. The molecule has 182 valence electrons. The van der Waals surface area contributed by atoms with Crippen molar-refractivity contribution < 1.29 is 17.9 Å². The van der Waals surface area contributed by atoms with Crippen molar-refractivity contribution in [3.63, 3.8) is 0 Å². The Balaban J connectivity index is 1.28. The van der Waals surface area contributed by atoms with Crippen LogP contribution in [-0.4, -0.2) is 70.9 Å². The highest BCUT2D eigenvalue weighted by Gasteiger charge is 2.22. The fourth-order valence-electron chi connectivity index (χ4n) is 4.59. The van der Waals surface area contributed by atoms with E-state index in [4.69, 9.17) is 9.47 Å².